The molecule has 1 aromatic rings. The molecule has 3 nitrogen and oxygen atoms in total. The first-order valence-corrected chi connectivity index (χ1v) is 7.19. The summed E-state index contributed by atoms with van der Waals surface area (Å²) in [6, 6.07) is 0. The zero-order chi connectivity index (χ0) is 13.0. The molecule has 1 aromatic heterocycles. The maximum atomic E-state index is 12.2. The molecule has 1 aliphatic rings. The summed E-state index contributed by atoms with van der Waals surface area (Å²) in [6.07, 6.45) is 11.2. The highest BCUT2D eigenvalue weighted by atomic mass is 16.1. The monoisotopic (exact) mass is 248 g/mol. The van der Waals surface area contributed by atoms with E-state index in [1.807, 2.05) is 17.8 Å². The molecule has 0 aliphatic heterocycles. The Morgan fingerprint density at radius 3 is 3.00 bits per heavy atom. The Balaban J connectivity index is 1.82. The van der Waals surface area contributed by atoms with Crippen molar-refractivity contribution in [3.05, 3.63) is 18.2 Å². The highest BCUT2D eigenvalue weighted by molar-refractivity contribution is 5.81. The number of rotatable bonds is 5. The molecule has 3 heteroatoms. The fourth-order valence-corrected chi connectivity index (χ4v) is 3.03. The van der Waals surface area contributed by atoms with Crippen molar-refractivity contribution in [2.45, 2.75) is 51.9 Å². The lowest BCUT2D eigenvalue weighted by Gasteiger charge is -2.27. The van der Waals surface area contributed by atoms with Crippen LogP contribution in [0.25, 0.3) is 0 Å². The number of aromatic nitrogens is 2. The summed E-state index contributed by atoms with van der Waals surface area (Å²) in [5, 5.41) is 0. The predicted molar refractivity (Wildman–Crippen MR) is 72.3 cm³/mol. The number of hydrogen-bond donors (Lipinski definition) is 0. The highest BCUT2D eigenvalue weighted by Crippen LogP contribution is 2.32. The van der Waals surface area contributed by atoms with Gasteiger partial charge in [-0.3, -0.25) is 4.79 Å². The average molecular weight is 248 g/mol. The van der Waals surface area contributed by atoms with Gasteiger partial charge in [-0.25, -0.2) is 4.98 Å². The van der Waals surface area contributed by atoms with Gasteiger partial charge < -0.3 is 4.57 Å². The number of Topliss-reactive ketones (excluding diaryl/α,β-unsaturated/α-hetero) is 1. The summed E-state index contributed by atoms with van der Waals surface area (Å²) >= 11 is 0. The van der Waals surface area contributed by atoms with Crippen LogP contribution >= 0.6 is 0 Å². The van der Waals surface area contributed by atoms with E-state index in [0.717, 1.165) is 31.0 Å². The van der Waals surface area contributed by atoms with Crippen LogP contribution in [0.5, 0.6) is 0 Å². The number of aryl methyl sites for hydroxylation is 2. The maximum absolute atomic E-state index is 12.2. The molecule has 18 heavy (non-hydrogen) atoms. The van der Waals surface area contributed by atoms with E-state index in [2.05, 4.69) is 11.9 Å². The molecule has 0 aromatic carbocycles. The van der Waals surface area contributed by atoms with Gasteiger partial charge in [0, 0.05) is 38.2 Å². The Labute approximate surface area is 110 Å². The van der Waals surface area contributed by atoms with Crippen LogP contribution in [0, 0.1) is 11.8 Å². The molecule has 2 unspecified atom stereocenters. The van der Waals surface area contributed by atoms with Crippen LogP contribution < -0.4 is 0 Å². The summed E-state index contributed by atoms with van der Waals surface area (Å²) < 4.78 is 2.00. The standard InChI is InChI=1S/C15H24N2O/c1-3-12-5-4-6-13(11-12)14(18)7-8-15-16-9-10-17(15)2/h9-10,12-13H,3-8,11H2,1-2H3. The van der Waals surface area contributed by atoms with Gasteiger partial charge >= 0.3 is 0 Å². The van der Waals surface area contributed by atoms with Crippen molar-refractivity contribution in [3.8, 4) is 0 Å². The second kappa shape index (κ2) is 6.17. The van der Waals surface area contributed by atoms with Crippen LogP contribution in [0.1, 0.15) is 51.3 Å². The molecule has 0 radical (unpaired) electrons. The average Bonchev–Trinajstić information content (AvgIpc) is 2.81. The number of carbonyl (C=O) groups excluding carboxylic acids is 1. The topological polar surface area (TPSA) is 34.9 Å². The minimum absolute atomic E-state index is 0.323. The van der Waals surface area contributed by atoms with E-state index < -0.39 is 0 Å². The van der Waals surface area contributed by atoms with E-state index in [0.29, 0.717) is 18.1 Å². The van der Waals surface area contributed by atoms with E-state index in [1.165, 1.54) is 19.3 Å². The molecule has 2 atom stereocenters. The zero-order valence-corrected chi connectivity index (χ0v) is 11.6. The molecule has 100 valence electrons. The molecule has 1 aliphatic carbocycles. The van der Waals surface area contributed by atoms with Gasteiger partial charge in [0.05, 0.1) is 0 Å². The molecule has 0 N–H and O–H groups in total. The SMILES string of the molecule is CCC1CCCC(C(=O)CCc2nccn2C)C1. The molecule has 1 saturated carbocycles. The maximum Gasteiger partial charge on any atom is 0.136 e. The molecule has 0 saturated heterocycles. The van der Waals surface area contributed by atoms with Crippen LogP contribution in [-0.4, -0.2) is 15.3 Å². The second-order valence-electron chi connectivity index (χ2n) is 5.56. The Bertz CT molecular complexity index is 397. The molecule has 0 amide bonds. The number of hydrogen-bond acceptors (Lipinski definition) is 2. The third-order valence-corrected chi connectivity index (χ3v) is 4.33. The third-order valence-electron chi connectivity index (χ3n) is 4.33. The molecule has 0 bridgehead atoms. The Kier molecular flexibility index (Phi) is 4.56. The number of imidazole rings is 1. The van der Waals surface area contributed by atoms with Gasteiger partial charge in [-0.15, -0.1) is 0 Å². The molecule has 0 spiro atoms. The summed E-state index contributed by atoms with van der Waals surface area (Å²) in [5.74, 6) is 2.58. The van der Waals surface area contributed by atoms with Crippen LogP contribution in [0.2, 0.25) is 0 Å². The van der Waals surface area contributed by atoms with Gasteiger partial charge in [-0.05, 0) is 18.8 Å². The van der Waals surface area contributed by atoms with Crippen molar-refractivity contribution in [2.75, 3.05) is 0 Å². The lowest BCUT2D eigenvalue weighted by Crippen LogP contribution is -2.23. The smallest absolute Gasteiger partial charge is 0.136 e. The first-order chi connectivity index (χ1) is 8.70. The largest absolute Gasteiger partial charge is 0.338 e. The van der Waals surface area contributed by atoms with Crippen LogP contribution in [0.15, 0.2) is 12.4 Å². The third kappa shape index (κ3) is 3.21. The fraction of sp³-hybridized carbons (Fsp3) is 0.733. The molecular formula is C15H24N2O. The first kappa shape index (κ1) is 13.3. The van der Waals surface area contributed by atoms with Crippen molar-refractivity contribution in [2.24, 2.45) is 18.9 Å². The quantitative estimate of drug-likeness (QED) is 0.802. The van der Waals surface area contributed by atoms with Crippen molar-refractivity contribution < 1.29 is 4.79 Å². The Morgan fingerprint density at radius 1 is 1.50 bits per heavy atom. The zero-order valence-electron chi connectivity index (χ0n) is 11.6. The highest BCUT2D eigenvalue weighted by Gasteiger charge is 2.25. The van der Waals surface area contributed by atoms with Crippen molar-refractivity contribution in [3.63, 3.8) is 0 Å². The summed E-state index contributed by atoms with van der Waals surface area (Å²) in [4.78, 5) is 16.5. The predicted octanol–water partition coefficient (Wildman–Crippen LogP) is 3.14. The van der Waals surface area contributed by atoms with E-state index in [4.69, 9.17) is 0 Å². The van der Waals surface area contributed by atoms with Crippen molar-refractivity contribution >= 4 is 5.78 Å². The second-order valence-corrected chi connectivity index (χ2v) is 5.56. The van der Waals surface area contributed by atoms with Gasteiger partial charge in [0.15, 0.2) is 0 Å². The minimum Gasteiger partial charge on any atom is -0.338 e. The number of ketones is 1. The first-order valence-electron chi connectivity index (χ1n) is 7.19. The normalized spacial score (nSPS) is 24.1. The summed E-state index contributed by atoms with van der Waals surface area (Å²) in [6.45, 7) is 2.24. The molecule has 1 heterocycles. The fourth-order valence-electron chi connectivity index (χ4n) is 3.03. The van der Waals surface area contributed by atoms with Crippen LogP contribution in [-0.2, 0) is 18.3 Å². The van der Waals surface area contributed by atoms with Crippen molar-refractivity contribution in [1.82, 2.24) is 9.55 Å². The molecule has 2 rings (SSSR count). The van der Waals surface area contributed by atoms with Gasteiger partial charge in [-0.2, -0.15) is 0 Å². The lowest BCUT2D eigenvalue weighted by molar-refractivity contribution is -0.124. The van der Waals surface area contributed by atoms with Crippen LogP contribution in [0.3, 0.4) is 0 Å². The van der Waals surface area contributed by atoms with Crippen LogP contribution in [0.4, 0.5) is 0 Å². The number of carbonyl (C=O) groups is 1. The van der Waals surface area contributed by atoms with Gasteiger partial charge in [0.1, 0.15) is 11.6 Å². The number of nitrogens with zero attached hydrogens (tertiary/aromatic N) is 2. The lowest BCUT2D eigenvalue weighted by atomic mass is 9.77. The summed E-state index contributed by atoms with van der Waals surface area (Å²) in [7, 11) is 1.99. The minimum atomic E-state index is 0.323. The van der Waals surface area contributed by atoms with Crippen molar-refractivity contribution in [1.29, 1.82) is 0 Å². The van der Waals surface area contributed by atoms with E-state index in [-0.39, 0.29) is 0 Å². The Morgan fingerprint density at radius 2 is 2.33 bits per heavy atom. The Hall–Kier alpha value is -1.12. The molecular weight excluding hydrogens is 224 g/mol. The van der Waals surface area contributed by atoms with E-state index in [1.54, 1.807) is 6.20 Å². The van der Waals surface area contributed by atoms with E-state index in [9.17, 15) is 4.79 Å². The van der Waals surface area contributed by atoms with Gasteiger partial charge in [-0.1, -0.05) is 26.2 Å². The summed E-state index contributed by atoms with van der Waals surface area (Å²) in [5.41, 5.74) is 0. The van der Waals surface area contributed by atoms with Gasteiger partial charge in [0.25, 0.3) is 0 Å². The van der Waals surface area contributed by atoms with Gasteiger partial charge in [0.2, 0.25) is 0 Å². The molecule has 1 fully saturated rings. The van der Waals surface area contributed by atoms with E-state index >= 15 is 0 Å².